The van der Waals surface area contributed by atoms with Crippen molar-refractivity contribution in [3.63, 3.8) is 0 Å². The van der Waals surface area contributed by atoms with Gasteiger partial charge in [0.2, 0.25) is 0 Å². The van der Waals surface area contributed by atoms with E-state index in [1.165, 1.54) is 35.4 Å². The minimum Gasteiger partial charge on any atom is -0.236 e. The third-order valence-electron chi connectivity index (χ3n) is 3.77. The average Bonchev–Trinajstić information content (AvgIpc) is 3.37. The van der Waals surface area contributed by atoms with Gasteiger partial charge in [0.15, 0.2) is 0 Å². The summed E-state index contributed by atoms with van der Waals surface area (Å²) in [6, 6.07) is 25.4. The molecule has 160 valence electrons. The van der Waals surface area contributed by atoms with Gasteiger partial charge in [-0.3, -0.25) is 0 Å². The van der Waals surface area contributed by atoms with E-state index in [1.807, 2.05) is 36.4 Å². The second-order valence-corrected chi connectivity index (χ2v) is 6.53. The summed E-state index contributed by atoms with van der Waals surface area (Å²) in [5.74, 6) is -2.54. The Morgan fingerprint density at radius 2 is 0.871 bits per heavy atom. The van der Waals surface area contributed by atoms with Crippen molar-refractivity contribution in [2.45, 2.75) is 27.7 Å². The second kappa shape index (κ2) is 15.4. The van der Waals surface area contributed by atoms with Crippen LogP contribution in [-0.4, -0.2) is 0 Å². The molecule has 0 bridgehead atoms. The molecule has 0 amide bonds. The topological polar surface area (TPSA) is 0 Å². The molecule has 0 radical (unpaired) electrons. The van der Waals surface area contributed by atoms with Gasteiger partial charge >= 0.3 is 21.7 Å². The van der Waals surface area contributed by atoms with E-state index in [1.54, 1.807) is 13.8 Å². The number of rotatable bonds is 0. The first-order valence-corrected chi connectivity index (χ1v) is 9.23. The zero-order valence-electron chi connectivity index (χ0n) is 17.9. The van der Waals surface area contributed by atoms with Gasteiger partial charge in [-0.25, -0.2) is 41.8 Å². The number of aryl methyl sites for hydroxylation is 4. The van der Waals surface area contributed by atoms with Crippen molar-refractivity contribution >= 4 is 0 Å². The van der Waals surface area contributed by atoms with E-state index in [9.17, 15) is 17.6 Å². The molecule has 0 saturated heterocycles. The van der Waals surface area contributed by atoms with Crippen molar-refractivity contribution in [3.05, 3.63) is 130 Å². The summed E-state index contributed by atoms with van der Waals surface area (Å²) in [6.07, 6.45) is 0. The summed E-state index contributed by atoms with van der Waals surface area (Å²) < 4.78 is 48.7. The van der Waals surface area contributed by atoms with Crippen molar-refractivity contribution in [2.24, 2.45) is 0 Å². The van der Waals surface area contributed by atoms with E-state index in [2.05, 4.69) is 38.1 Å². The molecule has 0 aliphatic rings. The second-order valence-electron chi connectivity index (χ2n) is 6.53. The normalized spacial score (nSPS) is 9.03. The molecule has 0 aliphatic heterocycles. The first kappa shape index (κ1) is 28.6. The van der Waals surface area contributed by atoms with Gasteiger partial charge in [-0.15, -0.1) is 35.4 Å². The predicted octanol–water partition coefficient (Wildman–Crippen LogP) is 7.57. The number of benzene rings is 2. The summed E-state index contributed by atoms with van der Waals surface area (Å²) in [6.45, 7) is 7.29. The molecule has 0 aromatic heterocycles. The minimum absolute atomic E-state index is 0. The van der Waals surface area contributed by atoms with Crippen LogP contribution >= 0.6 is 0 Å². The van der Waals surface area contributed by atoms with E-state index >= 15 is 0 Å². The molecular weight excluding hydrogens is 436 g/mol. The zero-order chi connectivity index (χ0) is 22.5. The first-order chi connectivity index (χ1) is 14.2. The Balaban J connectivity index is 0.000000389. The monoisotopic (exact) mass is 460 g/mol. The molecule has 0 fully saturated rings. The fraction of sp³-hybridized carbons (Fsp3) is 0.154. The van der Waals surface area contributed by atoms with E-state index < -0.39 is 23.3 Å². The summed E-state index contributed by atoms with van der Waals surface area (Å²) in [5.41, 5.74) is 3.51. The van der Waals surface area contributed by atoms with Crippen LogP contribution in [0.4, 0.5) is 17.6 Å². The maximum absolute atomic E-state index is 12.3. The SMILES string of the molecule is C[c-]1cccc1.C[c-]1cccc1.Cc1ccc(F)[c-]c1F.Cc1ccc(F)[c-]c1F.[Ti+4]. The summed E-state index contributed by atoms with van der Waals surface area (Å²) in [5, 5.41) is 0. The Morgan fingerprint density at radius 3 is 1.03 bits per heavy atom. The van der Waals surface area contributed by atoms with Gasteiger partial charge in [-0.05, 0) is 0 Å². The standard InChI is InChI=1S/2C7H5F2.2C6H7.Ti/c2*1-5-2-3-6(8)4-7(5)9;2*1-6-4-2-3-5-6;/h2*2-3H,1H3;2*2-5H,1H3;/q4*-1;+4. The number of hydrogen-bond donors (Lipinski definition) is 0. The Kier molecular flexibility index (Phi) is 14.2. The summed E-state index contributed by atoms with van der Waals surface area (Å²) in [7, 11) is 0. The Labute approximate surface area is 197 Å². The minimum atomic E-state index is -0.655. The molecule has 0 heterocycles. The van der Waals surface area contributed by atoms with Gasteiger partial charge in [0.05, 0.1) is 0 Å². The molecule has 4 aromatic rings. The molecule has 0 atom stereocenters. The zero-order valence-corrected chi connectivity index (χ0v) is 19.5. The van der Waals surface area contributed by atoms with E-state index in [0.717, 1.165) is 0 Å². The van der Waals surface area contributed by atoms with Crippen molar-refractivity contribution in [1.82, 2.24) is 0 Å². The molecular formula is C26H24F4Ti. The third kappa shape index (κ3) is 12.8. The van der Waals surface area contributed by atoms with Crippen LogP contribution in [0.2, 0.25) is 0 Å². The molecule has 5 heteroatoms. The number of halogens is 4. The molecule has 0 aliphatic carbocycles. The Bertz CT molecular complexity index is 893. The quantitative estimate of drug-likeness (QED) is 0.144. The van der Waals surface area contributed by atoms with Crippen molar-refractivity contribution < 1.29 is 39.3 Å². The largest absolute Gasteiger partial charge is 4.00 e. The molecule has 31 heavy (non-hydrogen) atoms. The molecule has 0 N–H and O–H groups in total. The van der Waals surface area contributed by atoms with Crippen LogP contribution in [0.3, 0.4) is 0 Å². The Hall–Kier alpha value is -2.43. The third-order valence-corrected chi connectivity index (χ3v) is 3.77. The van der Waals surface area contributed by atoms with E-state index in [4.69, 9.17) is 0 Å². The number of hydrogen-bond acceptors (Lipinski definition) is 0. The molecule has 0 nitrogen and oxygen atoms in total. The summed E-state index contributed by atoms with van der Waals surface area (Å²) >= 11 is 0. The summed E-state index contributed by atoms with van der Waals surface area (Å²) in [4.78, 5) is 0. The van der Waals surface area contributed by atoms with Gasteiger partial charge < -0.3 is 0 Å². The van der Waals surface area contributed by atoms with Crippen LogP contribution in [0.25, 0.3) is 0 Å². The Morgan fingerprint density at radius 1 is 0.581 bits per heavy atom. The fourth-order valence-electron chi connectivity index (χ4n) is 1.97. The maximum Gasteiger partial charge on any atom is 4.00 e. The molecule has 4 aromatic carbocycles. The van der Waals surface area contributed by atoms with Crippen LogP contribution in [0.1, 0.15) is 22.3 Å². The van der Waals surface area contributed by atoms with E-state index in [0.29, 0.717) is 11.1 Å². The van der Waals surface area contributed by atoms with Crippen LogP contribution < -0.4 is 0 Å². The van der Waals surface area contributed by atoms with Crippen LogP contribution in [0.5, 0.6) is 0 Å². The molecule has 4 rings (SSSR count). The van der Waals surface area contributed by atoms with Gasteiger partial charge in [-0.1, -0.05) is 27.7 Å². The van der Waals surface area contributed by atoms with Crippen molar-refractivity contribution in [3.8, 4) is 0 Å². The molecule has 0 spiro atoms. The van der Waals surface area contributed by atoms with Crippen LogP contribution in [-0.2, 0) is 21.7 Å². The molecule has 0 unspecified atom stereocenters. The van der Waals surface area contributed by atoms with Gasteiger partial charge in [-0.2, -0.15) is 47.5 Å². The predicted molar refractivity (Wildman–Crippen MR) is 113 cm³/mol. The maximum atomic E-state index is 12.3. The molecule has 0 saturated carbocycles. The van der Waals surface area contributed by atoms with Gasteiger partial charge in [0.25, 0.3) is 0 Å². The smallest absolute Gasteiger partial charge is 0.236 e. The fourth-order valence-corrected chi connectivity index (χ4v) is 1.97. The van der Waals surface area contributed by atoms with Crippen LogP contribution in [0.15, 0.2) is 72.8 Å². The first-order valence-electron chi connectivity index (χ1n) is 9.23. The van der Waals surface area contributed by atoms with Crippen LogP contribution in [0, 0.1) is 63.1 Å². The van der Waals surface area contributed by atoms with Crippen molar-refractivity contribution in [2.75, 3.05) is 0 Å². The van der Waals surface area contributed by atoms with Gasteiger partial charge in [0, 0.05) is 23.3 Å². The van der Waals surface area contributed by atoms with E-state index in [-0.39, 0.29) is 21.7 Å². The van der Waals surface area contributed by atoms with Gasteiger partial charge in [0.1, 0.15) is 0 Å². The average molecular weight is 460 g/mol. The van der Waals surface area contributed by atoms with Crippen molar-refractivity contribution in [1.29, 1.82) is 0 Å².